The number of sulfonamides is 1. The minimum Gasteiger partial charge on any atom is -0.494 e. The Morgan fingerprint density at radius 1 is 1.17 bits per heavy atom. The molecule has 0 aromatic heterocycles. The molecule has 1 aliphatic heterocycles. The van der Waals surface area contributed by atoms with Gasteiger partial charge in [0.05, 0.1) is 17.4 Å². The quantitative estimate of drug-likeness (QED) is 0.721. The van der Waals surface area contributed by atoms with Crippen LogP contribution in [0.4, 0.5) is 5.69 Å². The third kappa shape index (κ3) is 4.84. The summed E-state index contributed by atoms with van der Waals surface area (Å²) in [6.07, 6.45) is 2.15. The molecule has 2 aromatic carbocycles. The van der Waals surface area contributed by atoms with E-state index in [0.29, 0.717) is 31.7 Å². The lowest BCUT2D eigenvalue weighted by molar-refractivity contribution is -0.120. The van der Waals surface area contributed by atoms with Gasteiger partial charge in [-0.05, 0) is 68.5 Å². The number of nitrogens with zero attached hydrogens (tertiary/aromatic N) is 1. The minimum absolute atomic E-state index is 0.120. The van der Waals surface area contributed by atoms with Crippen LogP contribution >= 0.6 is 0 Å². The molecule has 1 atom stereocenters. The van der Waals surface area contributed by atoms with E-state index in [0.717, 1.165) is 23.2 Å². The molecular formula is C23H30N2O4S. The number of piperidine rings is 1. The molecule has 1 fully saturated rings. The molecule has 1 heterocycles. The zero-order valence-electron chi connectivity index (χ0n) is 17.8. The summed E-state index contributed by atoms with van der Waals surface area (Å²) in [5, 5.41) is 3.06. The van der Waals surface area contributed by atoms with Crippen LogP contribution in [-0.2, 0) is 21.2 Å². The molecule has 3 rings (SSSR count). The summed E-state index contributed by atoms with van der Waals surface area (Å²) in [5.74, 6) is 0.142. The predicted octanol–water partition coefficient (Wildman–Crippen LogP) is 4.00. The van der Waals surface area contributed by atoms with Crippen molar-refractivity contribution in [2.75, 3.05) is 25.0 Å². The monoisotopic (exact) mass is 430 g/mol. The summed E-state index contributed by atoms with van der Waals surface area (Å²) in [6, 6.07) is 12.4. The number of amides is 1. The Hall–Kier alpha value is -2.38. The van der Waals surface area contributed by atoms with Crippen LogP contribution in [0.2, 0.25) is 0 Å². The molecule has 162 valence electrons. The van der Waals surface area contributed by atoms with Gasteiger partial charge in [-0.1, -0.05) is 25.1 Å². The second-order valence-electron chi connectivity index (χ2n) is 7.56. The van der Waals surface area contributed by atoms with Crippen molar-refractivity contribution < 1.29 is 17.9 Å². The summed E-state index contributed by atoms with van der Waals surface area (Å²) >= 11 is 0. The van der Waals surface area contributed by atoms with Gasteiger partial charge in [0.1, 0.15) is 5.75 Å². The number of aryl methyl sites for hydroxylation is 2. The van der Waals surface area contributed by atoms with Crippen molar-refractivity contribution in [2.45, 2.75) is 44.9 Å². The fraction of sp³-hybridized carbons (Fsp3) is 0.435. The molecule has 30 heavy (non-hydrogen) atoms. The lowest BCUT2D eigenvalue weighted by Gasteiger charge is -2.31. The van der Waals surface area contributed by atoms with Crippen molar-refractivity contribution in [2.24, 2.45) is 5.92 Å². The summed E-state index contributed by atoms with van der Waals surface area (Å²) < 4.78 is 33.0. The maximum absolute atomic E-state index is 13.1. The normalized spacial score (nSPS) is 17.5. The van der Waals surface area contributed by atoms with E-state index in [4.69, 9.17) is 4.74 Å². The van der Waals surface area contributed by atoms with Crippen LogP contribution in [0, 0.1) is 12.8 Å². The molecule has 1 N–H and O–H groups in total. The van der Waals surface area contributed by atoms with Gasteiger partial charge in [0.25, 0.3) is 0 Å². The molecule has 1 aliphatic rings. The Balaban J connectivity index is 1.74. The van der Waals surface area contributed by atoms with Crippen LogP contribution < -0.4 is 10.1 Å². The standard InChI is InChI=1S/C23H30N2O4S/c1-4-18-9-6-8-17(3)22(18)24-23(26)19-10-7-15-25(16-19)30(27,28)21-13-11-20(12-14-21)29-5-2/h6,8-9,11-14,19H,4-5,7,10,15-16H2,1-3H3,(H,24,26)/t19-/m1/s1. The first kappa shape index (κ1) is 22.3. The van der Waals surface area contributed by atoms with E-state index >= 15 is 0 Å². The van der Waals surface area contributed by atoms with Gasteiger partial charge in [-0.2, -0.15) is 4.31 Å². The maximum Gasteiger partial charge on any atom is 0.243 e. The highest BCUT2D eigenvalue weighted by Crippen LogP contribution is 2.27. The molecule has 0 saturated carbocycles. The molecule has 1 saturated heterocycles. The topological polar surface area (TPSA) is 75.7 Å². The molecular weight excluding hydrogens is 400 g/mol. The van der Waals surface area contributed by atoms with Crippen LogP contribution in [0.1, 0.15) is 37.8 Å². The smallest absolute Gasteiger partial charge is 0.243 e. The van der Waals surface area contributed by atoms with Gasteiger partial charge < -0.3 is 10.1 Å². The molecule has 1 amide bonds. The third-order valence-corrected chi connectivity index (χ3v) is 7.39. The Kier molecular flexibility index (Phi) is 7.15. The van der Waals surface area contributed by atoms with E-state index in [1.807, 2.05) is 32.0 Å². The average molecular weight is 431 g/mol. The average Bonchev–Trinajstić information content (AvgIpc) is 2.76. The Bertz CT molecular complexity index is 987. The zero-order chi connectivity index (χ0) is 21.7. The molecule has 7 heteroatoms. The summed E-state index contributed by atoms with van der Waals surface area (Å²) in [7, 11) is -3.66. The molecule has 0 radical (unpaired) electrons. The number of nitrogens with one attached hydrogen (secondary N) is 1. The minimum atomic E-state index is -3.66. The van der Waals surface area contributed by atoms with E-state index in [1.54, 1.807) is 24.3 Å². The molecule has 2 aromatic rings. The number of carbonyl (C=O) groups excluding carboxylic acids is 1. The van der Waals surface area contributed by atoms with E-state index < -0.39 is 10.0 Å². The number of hydrogen-bond donors (Lipinski definition) is 1. The number of carbonyl (C=O) groups is 1. The Labute approximate surface area is 179 Å². The van der Waals surface area contributed by atoms with Gasteiger partial charge in [0.2, 0.25) is 15.9 Å². The highest BCUT2D eigenvalue weighted by Gasteiger charge is 2.33. The van der Waals surface area contributed by atoms with Gasteiger partial charge in [-0.3, -0.25) is 4.79 Å². The molecule has 6 nitrogen and oxygen atoms in total. The molecule has 0 unspecified atom stereocenters. The van der Waals surface area contributed by atoms with Crippen LogP contribution in [0.5, 0.6) is 5.75 Å². The SMILES string of the molecule is CCOc1ccc(S(=O)(=O)N2CCC[C@@H](C(=O)Nc3c(C)cccc3CC)C2)cc1. The summed E-state index contributed by atoms with van der Waals surface area (Å²) in [4.78, 5) is 13.2. The molecule has 0 spiro atoms. The van der Waals surface area contributed by atoms with Crippen LogP contribution in [0.3, 0.4) is 0 Å². The van der Waals surface area contributed by atoms with Gasteiger partial charge >= 0.3 is 0 Å². The number of para-hydroxylation sites is 1. The predicted molar refractivity (Wildman–Crippen MR) is 118 cm³/mol. The van der Waals surface area contributed by atoms with Crippen LogP contribution in [0.25, 0.3) is 0 Å². The number of rotatable bonds is 7. The van der Waals surface area contributed by atoms with E-state index in [2.05, 4.69) is 12.2 Å². The van der Waals surface area contributed by atoms with Crippen molar-refractivity contribution in [1.29, 1.82) is 0 Å². The van der Waals surface area contributed by atoms with Crippen molar-refractivity contribution in [3.63, 3.8) is 0 Å². The van der Waals surface area contributed by atoms with Crippen LogP contribution in [0.15, 0.2) is 47.4 Å². The van der Waals surface area contributed by atoms with E-state index in [1.165, 1.54) is 4.31 Å². The van der Waals surface area contributed by atoms with Gasteiger partial charge in [0.15, 0.2) is 0 Å². The number of hydrogen-bond acceptors (Lipinski definition) is 4. The first-order valence-electron chi connectivity index (χ1n) is 10.5. The lowest BCUT2D eigenvalue weighted by atomic mass is 9.98. The number of ether oxygens (including phenoxy) is 1. The van der Waals surface area contributed by atoms with Gasteiger partial charge in [-0.25, -0.2) is 8.42 Å². The number of benzene rings is 2. The van der Waals surface area contributed by atoms with E-state index in [-0.39, 0.29) is 23.3 Å². The lowest BCUT2D eigenvalue weighted by Crippen LogP contribution is -2.43. The Morgan fingerprint density at radius 3 is 2.57 bits per heavy atom. The maximum atomic E-state index is 13.1. The second-order valence-corrected chi connectivity index (χ2v) is 9.50. The van der Waals surface area contributed by atoms with Crippen molar-refractivity contribution in [3.8, 4) is 5.75 Å². The van der Waals surface area contributed by atoms with Crippen molar-refractivity contribution in [1.82, 2.24) is 4.31 Å². The van der Waals surface area contributed by atoms with Gasteiger partial charge in [-0.15, -0.1) is 0 Å². The largest absolute Gasteiger partial charge is 0.494 e. The summed E-state index contributed by atoms with van der Waals surface area (Å²) in [5.41, 5.74) is 2.94. The zero-order valence-corrected chi connectivity index (χ0v) is 18.7. The second kappa shape index (κ2) is 9.62. The first-order valence-corrected chi connectivity index (χ1v) is 11.9. The first-order chi connectivity index (χ1) is 14.4. The fourth-order valence-electron chi connectivity index (χ4n) is 3.83. The van der Waals surface area contributed by atoms with Crippen LogP contribution in [-0.4, -0.2) is 38.3 Å². The fourth-order valence-corrected chi connectivity index (χ4v) is 5.35. The third-order valence-electron chi connectivity index (χ3n) is 5.52. The van der Waals surface area contributed by atoms with Crippen molar-refractivity contribution in [3.05, 3.63) is 53.6 Å². The Morgan fingerprint density at radius 2 is 1.90 bits per heavy atom. The molecule has 0 aliphatic carbocycles. The highest BCUT2D eigenvalue weighted by molar-refractivity contribution is 7.89. The van der Waals surface area contributed by atoms with Crippen molar-refractivity contribution >= 4 is 21.6 Å². The summed E-state index contributed by atoms with van der Waals surface area (Å²) in [6.45, 7) is 7.03. The van der Waals surface area contributed by atoms with Gasteiger partial charge in [0, 0.05) is 18.8 Å². The van der Waals surface area contributed by atoms with E-state index in [9.17, 15) is 13.2 Å². The molecule has 0 bridgehead atoms. The highest BCUT2D eigenvalue weighted by atomic mass is 32.2. The number of anilines is 1.